The maximum Gasteiger partial charge on any atom is 0.119 e. The molecular formula is C15H25NO3. The summed E-state index contributed by atoms with van der Waals surface area (Å²) >= 11 is 0. The van der Waals surface area contributed by atoms with Gasteiger partial charge in [-0.15, -0.1) is 0 Å². The minimum absolute atomic E-state index is 0.0254. The fourth-order valence-corrected chi connectivity index (χ4v) is 1.72. The second kappa shape index (κ2) is 6.89. The van der Waals surface area contributed by atoms with Crippen LogP contribution in [0.5, 0.6) is 5.75 Å². The van der Waals surface area contributed by atoms with Crippen molar-refractivity contribution in [3.63, 3.8) is 0 Å². The number of hydrogen-bond donors (Lipinski definition) is 3. The average molecular weight is 267 g/mol. The zero-order valence-corrected chi connectivity index (χ0v) is 12.2. The Kier molecular flexibility index (Phi) is 5.79. The van der Waals surface area contributed by atoms with Gasteiger partial charge in [0.1, 0.15) is 18.5 Å². The van der Waals surface area contributed by atoms with Crippen LogP contribution < -0.4 is 10.1 Å². The van der Waals surface area contributed by atoms with Crippen molar-refractivity contribution in [1.29, 1.82) is 0 Å². The Labute approximate surface area is 115 Å². The van der Waals surface area contributed by atoms with Crippen LogP contribution in [0.25, 0.3) is 0 Å². The van der Waals surface area contributed by atoms with E-state index in [1.165, 1.54) is 0 Å². The maximum absolute atomic E-state index is 9.84. The largest absolute Gasteiger partial charge is 0.491 e. The Morgan fingerprint density at radius 2 is 1.79 bits per heavy atom. The molecule has 0 spiro atoms. The van der Waals surface area contributed by atoms with Gasteiger partial charge in [0.2, 0.25) is 0 Å². The molecule has 0 aliphatic carbocycles. The molecule has 0 aliphatic rings. The van der Waals surface area contributed by atoms with E-state index in [1.807, 2.05) is 39.8 Å². The molecule has 0 bridgehead atoms. The SMILES string of the molecule is Cc1cc(C)cc(OC[C@@H](O)CNC(C)(C)CO)c1. The molecule has 1 aromatic carbocycles. The van der Waals surface area contributed by atoms with Gasteiger partial charge in [0.25, 0.3) is 0 Å². The lowest BCUT2D eigenvalue weighted by molar-refractivity contribution is 0.0906. The summed E-state index contributed by atoms with van der Waals surface area (Å²) in [5.74, 6) is 0.776. The van der Waals surface area contributed by atoms with Crippen molar-refractivity contribution in [3.8, 4) is 5.75 Å². The summed E-state index contributed by atoms with van der Waals surface area (Å²) in [6, 6.07) is 5.98. The molecule has 1 rings (SSSR count). The Balaban J connectivity index is 2.39. The van der Waals surface area contributed by atoms with Crippen LogP contribution in [-0.4, -0.2) is 41.6 Å². The summed E-state index contributed by atoms with van der Waals surface area (Å²) in [7, 11) is 0. The first kappa shape index (κ1) is 16.0. The summed E-state index contributed by atoms with van der Waals surface area (Å²) in [5.41, 5.74) is 1.90. The molecule has 4 nitrogen and oxygen atoms in total. The van der Waals surface area contributed by atoms with Gasteiger partial charge in [0.15, 0.2) is 0 Å². The fourth-order valence-electron chi connectivity index (χ4n) is 1.72. The van der Waals surface area contributed by atoms with Gasteiger partial charge in [-0.1, -0.05) is 6.07 Å². The highest BCUT2D eigenvalue weighted by molar-refractivity contribution is 5.32. The van der Waals surface area contributed by atoms with E-state index in [1.54, 1.807) is 0 Å². The third kappa shape index (κ3) is 6.05. The second-order valence-corrected chi connectivity index (χ2v) is 5.71. The molecule has 0 saturated carbocycles. The molecule has 0 unspecified atom stereocenters. The first-order valence-electron chi connectivity index (χ1n) is 6.57. The van der Waals surface area contributed by atoms with Gasteiger partial charge in [-0.25, -0.2) is 0 Å². The Hall–Kier alpha value is -1.10. The van der Waals surface area contributed by atoms with E-state index in [2.05, 4.69) is 11.4 Å². The number of benzene rings is 1. The van der Waals surface area contributed by atoms with Crippen LogP contribution in [0.1, 0.15) is 25.0 Å². The van der Waals surface area contributed by atoms with Gasteiger partial charge >= 0.3 is 0 Å². The number of ether oxygens (including phenoxy) is 1. The molecule has 4 heteroatoms. The molecule has 0 amide bonds. The summed E-state index contributed by atoms with van der Waals surface area (Å²) in [4.78, 5) is 0. The fraction of sp³-hybridized carbons (Fsp3) is 0.600. The first-order chi connectivity index (χ1) is 8.82. The molecule has 0 aliphatic heterocycles. The molecule has 1 atom stereocenters. The molecule has 1 aromatic rings. The first-order valence-corrected chi connectivity index (χ1v) is 6.57. The van der Waals surface area contributed by atoms with Crippen molar-refractivity contribution in [3.05, 3.63) is 29.3 Å². The molecule has 3 N–H and O–H groups in total. The van der Waals surface area contributed by atoms with Crippen LogP contribution in [0.15, 0.2) is 18.2 Å². The number of hydrogen-bond acceptors (Lipinski definition) is 4. The van der Waals surface area contributed by atoms with Crippen LogP contribution in [0.4, 0.5) is 0 Å². The lowest BCUT2D eigenvalue weighted by atomic mass is 10.1. The standard InChI is InChI=1S/C15H25NO3/c1-11-5-12(2)7-14(6-11)19-9-13(18)8-16-15(3,4)10-17/h5-7,13,16-18H,8-10H2,1-4H3/t13-/m0/s1. The predicted molar refractivity (Wildman–Crippen MR) is 76.6 cm³/mol. The van der Waals surface area contributed by atoms with Crippen molar-refractivity contribution in [2.75, 3.05) is 19.8 Å². The van der Waals surface area contributed by atoms with Crippen LogP contribution in [0.2, 0.25) is 0 Å². The number of rotatable bonds is 7. The molecule has 108 valence electrons. The third-order valence-corrected chi connectivity index (χ3v) is 2.85. The topological polar surface area (TPSA) is 61.7 Å². The van der Waals surface area contributed by atoms with E-state index in [0.717, 1.165) is 16.9 Å². The minimum atomic E-state index is -0.605. The van der Waals surface area contributed by atoms with Crippen LogP contribution in [0, 0.1) is 13.8 Å². The highest BCUT2D eigenvalue weighted by Crippen LogP contribution is 2.16. The maximum atomic E-state index is 9.84. The zero-order chi connectivity index (χ0) is 14.5. The van der Waals surface area contributed by atoms with Gasteiger partial charge in [0.05, 0.1) is 6.61 Å². The molecule has 0 heterocycles. The van der Waals surface area contributed by atoms with Crippen molar-refractivity contribution in [1.82, 2.24) is 5.32 Å². The van der Waals surface area contributed by atoms with Gasteiger partial charge < -0.3 is 20.3 Å². The summed E-state index contributed by atoms with van der Waals surface area (Å²) in [6.07, 6.45) is -0.605. The quantitative estimate of drug-likeness (QED) is 0.699. The zero-order valence-electron chi connectivity index (χ0n) is 12.2. The van der Waals surface area contributed by atoms with E-state index < -0.39 is 6.10 Å². The lowest BCUT2D eigenvalue weighted by Crippen LogP contribution is -2.47. The number of aliphatic hydroxyl groups excluding tert-OH is 2. The molecular weight excluding hydrogens is 242 g/mol. The van der Waals surface area contributed by atoms with E-state index >= 15 is 0 Å². The Bertz CT molecular complexity index is 384. The number of aliphatic hydroxyl groups is 2. The number of aryl methyl sites for hydroxylation is 2. The highest BCUT2D eigenvalue weighted by Gasteiger charge is 2.17. The summed E-state index contributed by atoms with van der Waals surface area (Å²) < 4.78 is 5.58. The van der Waals surface area contributed by atoms with Crippen LogP contribution in [0.3, 0.4) is 0 Å². The monoisotopic (exact) mass is 267 g/mol. The van der Waals surface area contributed by atoms with E-state index in [0.29, 0.717) is 6.54 Å². The van der Waals surface area contributed by atoms with Gasteiger partial charge in [-0.3, -0.25) is 0 Å². The van der Waals surface area contributed by atoms with Crippen molar-refractivity contribution < 1.29 is 14.9 Å². The van der Waals surface area contributed by atoms with E-state index in [4.69, 9.17) is 9.84 Å². The lowest BCUT2D eigenvalue weighted by Gasteiger charge is -2.25. The van der Waals surface area contributed by atoms with Crippen molar-refractivity contribution >= 4 is 0 Å². The average Bonchev–Trinajstić information content (AvgIpc) is 2.33. The number of nitrogens with one attached hydrogen (secondary N) is 1. The smallest absolute Gasteiger partial charge is 0.119 e. The van der Waals surface area contributed by atoms with E-state index in [-0.39, 0.29) is 18.8 Å². The third-order valence-electron chi connectivity index (χ3n) is 2.85. The summed E-state index contributed by atoms with van der Waals surface area (Å²) in [6.45, 7) is 8.44. The minimum Gasteiger partial charge on any atom is -0.491 e. The van der Waals surface area contributed by atoms with Crippen LogP contribution in [-0.2, 0) is 0 Å². The molecule has 0 aromatic heterocycles. The normalized spacial score (nSPS) is 13.4. The molecule has 0 saturated heterocycles. The predicted octanol–water partition coefficient (Wildman–Crippen LogP) is 1.40. The summed E-state index contributed by atoms with van der Waals surface area (Å²) in [5, 5.41) is 22.0. The second-order valence-electron chi connectivity index (χ2n) is 5.71. The van der Waals surface area contributed by atoms with Crippen molar-refractivity contribution in [2.45, 2.75) is 39.3 Å². The van der Waals surface area contributed by atoms with Gasteiger partial charge in [-0.05, 0) is 51.0 Å². The molecule has 19 heavy (non-hydrogen) atoms. The highest BCUT2D eigenvalue weighted by atomic mass is 16.5. The molecule has 0 fully saturated rings. The Morgan fingerprint density at radius 1 is 1.21 bits per heavy atom. The van der Waals surface area contributed by atoms with Gasteiger partial charge in [-0.2, -0.15) is 0 Å². The number of β-amino-alcohol motifs (C(OH)–C–C–N with tert-alkyl or cyclic N) is 1. The molecule has 0 radical (unpaired) electrons. The Morgan fingerprint density at radius 3 is 2.32 bits per heavy atom. The van der Waals surface area contributed by atoms with Gasteiger partial charge in [0, 0.05) is 12.1 Å². The van der Waals surface area contributed by atoms with E-state index in [9.17, 15) is 5.11 Å². The van der Waals surface area contributed by atoms with Crippen LogP contribution >= 0.6 is 0 Å². The van der Waals surface area contributed by atoms with Crippen molar-refractivity contribution in [2.24, 2.45) is 0 Å².